The quantitative estimate of drug-likeness (QED) is 0.846. The number of nitrogen functional groups attached to an aromatic ring is 1. The molecular formula is C16H17ClN2O. The zero-order valence-electron chi connectivity index (χ0n) is 11.5. The molecule has 104 valence electrons. The third-order valence-corrected chi connectivity index (χ3v) is 3.49. The summed E-state index contributed by atoms with van der Waals surface area (Å²) in [4.78, 5) is 12.2. The van der Waals surface area contributed by atoms with Crippen molar-refractivity contribution in [2.75, 3.05) is 5.73 Å². The number of nitrogens with two attached hydrogens (primary N) is 1. The van der Waals surface area contributed by atoms with Gasteiger partial charge in [0.05, 0.1) is 16.8 Å². The minimum absolute atomic E-state index is 0.0701. The summed E-state index contributed by atoms with van der Waals surface area (Å²) in [6, 6.07) is 12.9. The standard InChI is InChI=1S/C16H17ClN2O/c1-10-4-3-5-12(8-10)11(2)19-16(20)13-6-7-14(17)15(18)9-13/h3-9,11H,18H2,1-2H3,(H,19,20)/t11-/m1/s1. The summed E-state index contributed by atoms with van der Waals surface area (Å²) in [7, 11) is 0. The van der Waals surface area contributed by atoms with Gasteiger partial charge < -0.3 is 11.1 Å². The van der Waals surface area contributed by atoms with E-state index in [2.05, 4.69) is 11.4 Å². The van der Waals surface area contributed by atoms with Gasteiger partial charge >= 0.3 is 0 Å². The van der Waals surface area contributed by atoms with Crippen molar-refractivity contribution in [1.29, 1.82) is 0 Å². The number of nitrogens with one attached hydrogen (secondary N) is 1. The SMILES string of the molecule is Cc1cccc([C@@H](C)NC(=O)c2ccc(Cl)c(N)c2)c1. The highest BCUT2D eigenvalue weighted by Crippen LogP contribution is 2.20. The molecule has 0 radical (unpaired) electrons. The minimum atomic E-state index is -0.164. The lowest BCUT2D eigenvalue weighted by molar-refractivity contribution is 0.0940. The van der Waals surface area contributed by atoms with Crippen LogP contribution in [-0.2, 0) is 0 Å². The summed E-state index contributed by atoms with van der Waals surface area (Å²) in [6.45, 7) is 3.98. The maximum absolute atomic E-state index is 12.2. The molecule has 2 rings (SSSR count). The zero-order chi connectivity index (χ0) is 14.7. The Labute approximate surface area is 123 Å². The van der Waals surface area contributed by atoms with Crippen LogP contribution in [0, 0.1) is 6.92 Å². The number of amides is 1. The van der Waals surface area contributed by atoms with Gasteiger partial charge in [-0.05, 0) is 37.6 Å². The van der Waals surface area contributed by atoms with Crippen LogP contribution in [0.1, 0.15) is 34.5 Å². The number of hydrogen-bond donors (Lipinski definition) is 2. The number of carbonyl (C=O) groups excluding carboxylic acids is 1. The maximum Gasteiger partial charge on any atom is 0.251 e. The highest BCUT2D eigenvalue weighted by Gasteiger charge is 2.12. The number of aryl methyl sites for hydroxylation is 1. The van der Waals surface area contributed by atoms with Crippen molar-refractivity contribution in [1.82, 2.24) is 5.32 Å². The summed E-state index contributed by atoms with van der Waals surface area (Å²) in [5.41, 5.74) is 8.86. The molecule has 0 aliphatic heterocycles. The van der Waals surface area contributed by atoms with E-state index in [1.165, 1.54) is 5.56 Å². The fourth-order valence-electron chi connectivity index (χ4n) is 1.99. The van der Waals surface area contributed by atoms with Crippen molar-refractivity contribution >= 4 is 23.2 Å². The van der Waals surface area contributed by atoms with Crippen molar-refractivity contribution in [2.24, 2.45) is 0 Å². The molecule has 2 aromatic carbocycles. The summed E-state index contributed by atoms with van der Waals surface area (Å²) in [5, 5.41) is 3.40. The number of hydrogen-bond acceptors (Lipinski definition) is 2. The fraction of sp³-hybridized carbons (Fsp3) is 0.188. The lowest BCUT2D eigenvalue weighted by Crippen LogP contribution is -2.26. The van der Waals surface area contributed by atoms with Crippen molar-refractivity contribution in [3.05, 3.63) is 64.2 Å². The Hall–Kier alpha value is -2.00. The number of halogens is 1. The Balaban J connectivity index is 2.13. The molecule has 3 N–H and O–H groups in total. The van der Waals surface area contributed by atoms with Gasteiger partial charge in [-0.3, -0.25) is 4.79 Å². The van der Waals surface area contributed by atoms with E-state index in [-0.39, 0.29) is 11.9 Å². The van der Waals surface area contributed by atoms with E-state index in [1.54, 1.807) is 18.2 Å². The first-order valence-electron chi connectivity index (χ1n) is 6.40. The molecule has 0 saturated carbocycles. The smallest absolute Gasteiger partial charge is 0.251 e. The van der Waals surface area contributed by atoms with Crippen LogP contribution in [0.4, 0.5) is 5.69 Å². The van der Waals surface area contributed by atoms with Gasteiger partial charge in [-0.15, -0.1) is 0 Å². The van der Waals surface area contributed by atoms with Gasteiger partial charge in [0, 0.05) is 5.56 Å². The Bertz CT molecular complexity index is 640. The molecule has 0 saturated heterocycles. The monoisotopic (exact) mass is 288 g/mol. The van der Waals surface area contributed by atoms with Crippen LogP contribution in [0.5, 0.6) is 0 Å². The second-order valence-corrected chi connectivity index (χ2v) is 5.25. The largest absolute Gasteiger partial charge is 0.398 e. The van der Waals surface area contributed by atoms with Gasteiger partial charge in [-0.1, -0.05) is 41.4 Å². The summed E-state index contributed by atoms with van der Waals surface area (Å²) in [5.74, 6) is -0.164. The van der Waals surface area contributed by atoms with E-state index in [9.17, 15) is 4.79 Å². The van der Waals surface area contributed by atoms with E-state index in [1.807, 2.05) is 32.0 Å². The van der Waals surface area contributed by atoms with E-state index < -0.39 is 0 Å². The van der Waals surface area contributed by atoms with E-state index in [0.717, 1.165) is 5.56 Å². The fourth-order valence-corrected chi connectivity index (χ4v) is 2.11. The molecular weight excluding hydrogens is 272 g/mol. The van der Waals surface area contributed by atoms with Gasteiger partial charge in [0.15, 0.2) is 0 Å². The van der Waals surface area contributed by atoms with Gasteiger partial charge in [-0.25, -0.2) is 0 Å². The first-order valence-corrected chi connectivity index (χ1v) is 6.77. The summed E-state index contributed by atoms with van der Waals surface area (Å²) >= 11 is 5.85. The lowest BCUT2D eigenvalue weighted by Gasteiger charge is -2.15. The minimum Gasteiger partial charge on any atom is -0.398 e. The van der Waals surface area contributed by atoms with Gasteiger partial charge in [0.1, 0.15) is 0 Å². The number of benzene rings is 2. The molecule has 20 heavy (non-hydrogen) atoms. The Morgan fingerprint density at radius 3 is 2.65 bits per heavy atom. The summed E-state index contributed by atoms with van der Waals surface area (Å²) in [6.07, 6.45) is 0. The van der Waals surface area contributed by atoms with Crippen molar-refractivity contribution < 1.29 is 4.79 Å². The second kappa shape index (κ2) is 5.97. The molecule has 0 bridgehead atoms. The van der Waals surface area contributed by atoms with Crippen molar-refractivity contribution in [2.45, 2.75) is 19.9 Å². The average molecular weight is 289 g/mol. The van der Waals surface area contributed by atoms with E-state index >= 15 is 0 Å². The Morgan fingerprint density at radius 2 is 2.00 bits per heavy atom. The zero-order valence-corrected chi connectivity index (χ0v) is 12.2. The van der Waals surface area contributed by atoms with Gasteiger partial charge in [0.2, 0.25) is 0 Å². The molecule has 0 spiro atoms. The second-order valence-electron chi connectivity index (χ2n) is 4.85. The van der Waals surface area contributed by atoms with Crippen LogP contribution in [-0.4, -0.2) is 5.91 Å². The van der Waals surface area contributed by atoms with Gasteiger partial charge in [-0.2, -0.15) is 0 Å². The van der Waals surface area contributed by atoms with Crippen LogP contribution in [0.15, 0.2) is 42.5 Å². The Morgan fingerprint density at radius 1 is 1.25 bits per heavy atom. The van der Waals surface area contributed by atoms with Crippen LogP contribution in [0.2, 0.25) is 5.02 Å². The third kappa shape index (κ3) is 3.31. The first kappa shape index (κ1) is 14.4. The third-order valence-electron chi connectivity index (χ3n) is 3.15. The maximum atomic E-state index is 12.2. The normalized spacial score (nSPS) is 11.9. The molecule has 4 heteroatoms. The molecule has 0 unspecified atom stereocenters. The highest BCUT2D eigenvalue weighted by molar-refractivity contribution is 6.33. The molecule has 1 amide bonds. The topological polar surface area (TPSA) is 55.1 Å². The number of rotatable bonds is 3. The molecule has 3 nitrogen and oxygen atoms in total. The predicted molar refractivity (Wildman–Crippen MR) is 82.9 cm³/mol. The van der Waals surface area contributed by atoms with E-state index in [4.69, 9.17) is 17.3 Å². The molecule has 0 aromatic heterocycles. The van der Waals surface area contributed by atoms with Crippen molar-refractivity contribution in [3.63, 3.8) is 0 Å². The Kier molecular flexibility index (Phi) is 4.30. The highest BCUT2D eigenvalue weighted by atomic mass is 35.5. The number of anilines is 1. The van der Waals surface area contributed by atoms with Crippen LogP contribution < -0.4 is 11.1 Å². The predicted octanol–water partition coefficient (Wildman–Crippen LogP) is 3.72. The molecule has 0 aliphatic carbocycles. The first-order chi connectivity index (χ1) is 9.47. The number of carbonyl (C=O) groups is 1. The van der Waals surface area contributed by atoms with Gasteiger partial charge in [0.25, 0.3) is 5.91 Å². The lowest BCUT2D eigenvalue weighted by atomic mass is 10.1. The van der Waals surface area contributed by atoms with Crippen LogP contribution in [0.25, 0.3) is 0 Å². The van der Waals surface area contributed by atoms with E-state index in [0.29, 0.717) is 16.3 Å². The summed E-state index contributed by atoms with van der Waals surface area (Å²) < 4.78 is 0. The van der Waals surface area contributed by atoms with Crippen molar-refractivity contribution in [3.8, 4) is 0 Å². The molecule has 1 atom stereocenters. The molecule has 2 aromatic rings. The molecule has 0 aliphatic rings. The van der Waals surface area contributed by atoms with Crippen LogP contribution in [0.3, 0.4) is 0 Å². The molecule has 0 heterocycles. The molecule has 0 fully saturated rings. The average Bonchev–Trinajstić information content (AvgIpc) is 2.41. The van der Waals surface area contributed by atoms with Crippen LogP contribution >= 0.6 is 11.6 Å².